The van der Waals surface area contributed by atoms with E-state index in [4.69, 9.17) is 4.74 Å². The molecule has 1 fully saturated rings. The van der Waals surface area contributed by atoms with Gasteiger partial charge in [-0.3, -0.25) is 9.78 Å². The summed E-state index contributed by atoms with van der Waals surface area (Å²) in [6.07, 6.45) is 3.29. The Labute approximate surface area is 157 Å². The first kappa shape index (κ1) is 19.0. The van der Waals surface area contributed by atoms with Gasteiger partial charge in [0.05, 0.1) is 28.1 Å². The molecule has 1 atom stereocenters. The highest BCUT2D eigenvalue weighted by Crippen LogP contribution is 2.25. The highest BCUT2D eigenvalue weighted by molar-refractivity contribution is 7.89. The van der Waals surface area contributed by atoms with Crippen LogP contribution in [-0.4, -0.2) is 49.9 Å². The van der Waals surface area contributed by atoms with Gasteiger partial charge >= 0.3 is 0 Å². The van der Waals surface area contributed by atoms with E-state index in [0.717, 1.165) is 24.2 Å². The van der Waals surface area contributed by atoms with Crippen molar-refractivity contribution in [2.24, 2.45) is 0 Å². The Hall–Kier alpha value is -1.81. The van der Waals surface area contributed by atoms with E-state index < -0.39 is 10.0 Å². The average Bonchev–Trinajstić information content (AvgIpc) is 3.33. The van der Waals surface area contributed by atoms with Gasteiger partial charge in [-0.25, -0.2) is 8.42 Å². The molecule has 2 aromatic rings. The first-order valence-corrected chi connectivity index (χ1v) is 10.6. The predicted molar refractivity (Wildman–Crippen MR) is 98.5 cm³/mol. The maximum Gasteiger partial charge on any atom is 0.261 e. The number of aromatic nitrogens is 1. The maximum atomic E-state index is 13.2. The van der Waals surface area contributed by atoms with Crippen LogP contribution in [0.25, 0.3) is 0 Å². The van der Waals surface area contributed by atoms with Crippen LogP contribution in [0.5, 0.6) is 0 Å². The van der Waals surface area contributed by atoms with E-state index in [1.54, 1.807) is 18.3 Å². The summed E-state index contributed by atoms with van der Waals surface area (Å²) in [5.74, 6) is -0.299. The van der Waals surface area contributed by atoms with Crippen molar-refractivity contribution < 1.29 is 17.9 Å². The van der Waals surface area contributed by atoms with Crippen molar-refractivity contribution in [2.45, 2.75) is 30.4 Å². The number of carbonyl (C=O) groups excluding carboxylic acids is 1. The molecule has 0 aliphatic carbocycles. The molecule has 26 heavy (non-hydrogen) atoms. The standard InChI is InChI=1S/C17H21N3O4S2/c1-18-17(21)16-9-15(12-25-16)26(22,23)20(11-14-6-4-8-24-14)10-13-5-2-3-7-19-13/h2-3,5,7,9,12,14H,4,6,8,10-11H2,1H3,(H,18,21). The maximum absolute atomic E-state index is 13.2. The van der Waals surface area contributed by atoms with Gasteiger partial charge in [-0.15, -0.1) is 11.3 Å². The van der Waals surface area contributed by atoms with Crippen molar-refractivity contribution >= 4 is 27.3 Å². The highest BCUT2D eigenvalue weighted by Gasteiger charge is 2.30. The summed E-state index contributed by atoms with van der Waals surface area (Å²) in [5, 5.41) is 4.01. The van der Waals surface area contributed by atoms with E-state index in [-0.39, 0.29) is 30.0 Å². The predicted octanol–water partition coefficient (Wildman–Crippen LogP) is 1.87. The molecule has 9 heteroatoms. The summed E-state index contributed by atoms with van der Waals surface area (Å²) < 4.78 is 33.3. The highest BCUT2D eigenvalue weighted by atomic mass is 32.2. The van der Waals surface area contributed by atoms with Crippen LogP contribution in [0.3, 0.4) is 0 Å². The van der Waals surface area contributed by atoms with Gasteiger partial charge < -0.3 is 10.1 Å². The second kappa shape index (κ2) is 8.26. The van der Waals surface area contributed by atoms with Crippen LogP contribution in [0, 0.1) is 0 Å². The minimum Gasteiger partial charge on any atom is -0.377 e. The Bertz CT molecular complexity index is 846. The summed E-state index contributed by atoms with van der Waals surface area (Å²) in [6, 6.07) is 6.83. The zero-order chi connectivity index (χ0) is 18.6. The fourth-order valence-electron chi connectivity index (χ4n) is 2.78. The molecule has 1 saturated heterocycles. The van der Waals surface area contributed by atoms with E-state index in [0.29, 0.717) is 17.2 Å². The lowest BCUT2D eigenvalue weighted by Gasteiger charge is -2.24. The number of hydrogen-bond donors (Lipinski definition) is 1. The molecule has 1 N–H and O–H groups in total. The van der Waals surface area contributed by atoms with Gasteiger partial charge in [0.2, 0.25) is 10.0 Å². The van der Waals surface area contributed by atoms with E-state index in [1.807, 2.05) is 6.07 Å². The van der Waals surface area contributed by atoms with Crippen molar-refractivity contribution in [2.75, 3.05) is 20.2 Å². The van der Waals surface area contributed by atoms with Gasteiger partial charge in [-0.2, -0.15) is 4.31 Å². The van der Waals surface area contributed by atoms with Gasteiger partial charge in [-0.05, 0) is 31.0 Å². The van der Waals surface area contributed by atoms with Crippen molar-refractivity contribution in [3.63, 3.8) is 0 Å². The van der Waals surface area contributed by atoms with E-state index >= 15 is 0 Å². The van der Waals surface area contributed by atoms with Crippen LogP contribution in [0.2, 0.25) is 0 Å². The number of thiophene rings is 1. The minimum absolute atomic E-state index is 0.120. The second-order valence-electron chi connectivity index (χ2n) is 5.98. The summed E-state index contributed by atoms with van der Waals surface area (Å²) in [4.78, 5) is 16.5. The lowest BCUT2D eigenvalue weighted by molar-refractivity contribution is 0.0923. The number of hydrogen-bond acceptors (Lipinski definition) is 6. The van der Waals surface area contributed by atoms with Crippen molar-refractivity contribution in [1.82, 2.24) is 14.6 Å². The molecule has 1 aliphatic rings. The largest absolute Gasteiger partial charge is 0.377 e. The third-order valence-corrected chi connectivity index (χ3v) is 7.03. The molecule has 0 aromatic carbocycles. The van der Waals surface area contributed by atoms with Crippen LogP contribution in [0.4, 0.5) is 0 Å². The number of pyridine rings is 1. The minimum atomic E-state index is -3.76. The lowest BCUT2D eigenvalue weighted by Crippen LogP contribution is -2.37. The van der Waals surface area contributed by atoms with Crippen molar-refractivity contribution in [3.05, 3.63) is 46.4 Å². The van der Waals surface area contributed by atoms with Crippen LogP contribution in [0.15, 0.2) is 40.7 Å². The molecular weight excluding hydrogens is 374 g/mol. The summed E-state index contributed by atoms with van der Waals surface area (Å²) in [7, 11) is -2.25. The number of sulfonamides is 1. The van der Waals surface area contributed by atoms with Gasteiger partial charge in [0.25, 0.3) is 5.91 Å². The molecule has 0 saturated carbocycles. The van der Waals surface area contributed by atoms with Crippen LogP contribution in [-0.2, 0) is 21.3 Å². The van der Waals surface area contributed by atoms with Crippen molar-refractivity contribution in [3.8, 4) is 0 Å². The Morgan fingerprint density at radius 2 is 2.31 bits per heavy atom. The van der Waals surface area contributed by atoms with Gasteiger partial charge in [0, 0.05) is 31.8 Å². The molecular formula is C17H21N3O4S2. The monoisotopic (exact) mass is 395 g/mol. The molecule has 0 bridgehead atoms. The number of amides is 1. The average molecular weight is 396 g/mol. The molecule has 3 rings (SSSR count). The number of nitrogens with zero attached hydrogens (tertiary/aromatic N) is 2. The van der Waals surface area contributed by atoms with E-state index in [1.165, 1.54) is 22.8 Å². The number of rotatable bonds is 7. The zero-order valence-corrected chi connectivity index (χ0v) is 16.1. The molecule has 140 valence electrons. The first-order chi connectivity index (χ1) is 12.5. The molecule has 3 heterocycles. The molecule has 1 unspecified atom stereocenters. The molecule has 1 amide bonds. The molecule has 1 aliphatic heterocycles. The third-order valence-electron chi connectivity index (χ3n) is 4.16. The Morgan fingerprint density at radius 1 is 1.46 bits per heavy atom. The summed E-state index contributed by atoms with van der Waals surface area (Å²) in [6.45, 7) is 1.08. The first-order valence-electron chi connectivity index (χ1n) is 8.33. The third kappa shape index (κ3) is 4.29. The Morgan fingerprint density at radius 3 is 2.96 bits per heavy atom. The fraction of sp³-hybridized carbons (Fsp3) is 0.412. The fourth-order valence-corrected chi connectivity index (χ4v) is 5.43. The van der Waals surface area contributed by atoms with E-state index in [2.05, 4.69) is 10.3 Å². The van der Waals surface area contributed by atoms with E-state index in [9.17, 15) is 13.2 Å². The number of nitrogens with one attached hydrogen (secondary N) is 1. The quantitative estimate of drug-likeness (QED) is 0.773. The van der Waals surface area contributed by atoms with Gasteiger partial charge in [0.1, 0.15) is 0 Å². The van der Waals surface area contributed by atoms with Gasteiger partial charge in [-0.1, -0.05) is 6.07 Å². The summed E-state index contributed by atoms with van der Waals surface area (Å²) >= 11 is 1.11. The van der Waals surface area contributed by atoms with Crippen LogP contribution < -0.4 is 5.32 Å². The number of ether oxygens (including phenoxy) is 1. The topological polar surface area (TPSA) is 88.6 Å². The van der Waals surface area contributed by atoms with Crippen LogP contribution >= 0.6 is 11.3 Å². The SMILES string of the molecule is CNC(=O)c1cc(S(=O)(=O)N(Cc2ccccn2)CC2CCCO2)cs1. The lowest BCUT2D eigenvalue weighted by atomic mass is 10.2. The molecule has 7 nitrogen and oxygen atoms in total. The van der Waals surface area contributed by atoms with Crippen LogP contribution in [0.1, 0.15) is 28.2 Å². The van der Waals surface area contributed by atoms with Gasteiger partial charge in [0.15, 0.2) is 0 Å². The molecule has 2 aromatic heterocycles. The molecule has 0 radical (unpaired) electrons. The molecule has 0 spiro atoms. The Balaban J connectivity index is 1.87. The van der Waals surface area contributed by atoms with Crippen molar-refractivity contribution in [1.29, 1.82) is 0 Å². The second-order valence-corrected chi connectivity index (χ2v) is 8.83. The summed E-state index contributed by atoms with van der Waals surface area (Å²) in [5.41, 5.74) is 0.663. The Kier molecular flexibility index (Phi) is 6.02. The number of carbonyl (C=O) groups is 1. The normalized spacial score (nSPS) is 17.5. The zero-order valence-electron chi connectivity index (χ0n) is 14.4. The smallest absolute Gasteiger partial charge is 0.261 e.